The molecule has 1 aliphatic carbocycles. The average molecular weight is 548 g/mol. The monoisotopic (exact) mass is 547 g/mol. The van der Waals surface area contributed by atoms with E-state index in [4.69, 9.17) is 21.3 Å². The van der Waals surface area contributed by atoms with E-state index in [1.165, 1.54) is 13.0 Å². The second kappa shape index (κ2) is 9.02. The van der Waals surface area contributed by atoms with Crippen LogP contribution in [0.25, 0.3) is 22.3 Å². The fraction of sp³-hybridized carbons (Fsp3) is 0.581. The third kappa shape index (κ3) is 3.95. The third-order valence-electron chi connectivity index (χ3n) is 9.79. The summed E-state index contributed by atoms with van der Waals surface area (Å²) in [6.07, 6.45) is 6.66. The summed E-state index contributed by atoms with van der Waals surface area (Å²) in [5.41, 5.74) is 5.58. The van der Waals surface area contributed by atoms with Gasteiger partial charge in [0.1, 0.15) is 5.52 Å². The average Bonchev–Trinajstić information content (AvgIpc) is 3.54. The van der Waals surface area contributed by atoms with Crippen molar-refractivity contribution in [2.75, 3.05) is 31.2 Å². The molecular weight excluding hydrogens is 510 g/mol. The lowest BCUT2D eigenvalue weighted by Crippen LogP contribution is -2.57. The number of benzene rings is 1. The molecule has 2 aromatic heterocycles. The molecular formula is C31H38ClN5O2. The minimum absolute atomic E-state index is 0.239. The van der Waals surface area contributed by atoms with E-state index in [1.54, 1.807) is 0 Å². The van der Waals surface area contributed by atoms with E-state index in [9.17, 15) is 4.79 Å². The number of carbonyl (C=O) groups excluding carboxylic acids is 1. The maximum absolute atomic E-state index is 14.3. The third-order valence-corrected chi connectivity index (χ3v) is 10.0. The number of hydrogen-bond acceptors (Lipinski definition) is 5. The number of hydrogen-bond donors (Lipinski definition) is 0. The summed E-state index contributed by atoms with van der Waals surface area (Å²) in [5.74, 6) is 0.264. The van der Waals surface area contributed by atoms with Gasteiger partial charge in [0.25, 0.3) is 0 Å². The maximum Gasteiger partial charge on any atom is 0.238 e. The van der Waals surface area contributed by atoms with Gasteiger partial charge in [0.15, 0.2) is 5.15 Å². The predicted molar refractivity (Wildman–Crippen MR) is 154 cm³/mol. The summed E-state index contributed by atoms with van der Waals surface area (Å²) in [6.45, 7) is 12.5. The van der Waals surface area contributed by atoms with Crippen molar-refractivity contribution >= 4 is 34.2 Å². The molecule has 0 unspecified atom stereocenters. The number of fused-ring (bicyclic) bond motifs is 3. The SMILES string of the molecule is CC(C)n1cnc2cc(-c3ccc4c(c3)N([C@H]3C[C@@H](N5CCC(C)(C)C5)C3)C(=O)C43CCOCC3)nc(Cl)c21. The van der Waals surface area contributed by atoms with Gasteiger partial charge in [-0.15, -0.1) is 0 Å². The molecule has 1 amide bonds. The Labute approximate surface area is 235 Å². The Morgan fingerprint density at radius 3 is 2.54 bits per heavy atom. The van der Waals surface area contributed by atoms with Crippen molar-refractivity contribution < 1.29 is 9.53 Å². The maximum atomic E-state index is 14.3. The van der Waals surface area contributed by atoms with Crippen molar-refractivity contribution in [3.05, 3.63) is 41.3 Å². The molecule has 1 saturated carbocycles. The van der Waals surface area contributed by atoms with Gasteiger partial charge in [0, 0.05) is 49.1 Å². The van der Waals surface area contributed by atoms with Crippen LogP contribution in [0.5, 0.6) is 0 Å². The highest BCUT2D eigenvalue weighted by molar-refractivity contribution is 6.34. The Morgan fingerprint density at radius 2 is 1.85 bits per heavy atom. The minimum Gasteiger partial charge on any atom is -0.381 e. The van der Waals surface area contributed by atoms with E-state index in [2.05, 4.69) is 65.2 Å². The fourth-order valence-electron chi connectivity index (χ4n) is 7.40. The number of anilines is 1. The molecule has 3 aliphatic heterocycles. The number of pyridine rings is 1. The number of imidazole rings is 1. The molecule has 3 fully saturated rings. The number of carbonyl (C=O) groups is 1. The van der Waals surface area contributed by atoms with Crippen LogP contribution in [0, 0.1) is 5.41 Å². The summed E-state index contributed by atoms with van der Waals surface area (Å²) < 4.78 is 7.77. The fourth-order valence-corrected chi connectivity index (χ4v) is 7.69. The van der Waals surface area contributed by atoms with E-state index in [-0.39, 0.29) is 18.0 Å². The van der Waals surface area contributed by atoms with Crippen molar-refractivity contribution in [1.29, 1.82) is 0 Å². The van der Waals surface area contributed by atoms with Gasteiger partial charge in [-0.1, -0.05) is 37.6 Å². The zero-order chi connectivity index (χ0) is 27.1. The number of aromatic nitrogens is 3. The van der Waals surface area contributed by atoms with E-state index >= 15 is 0 Å². The first kappa shape index (κ1) is 25.5. The van der Waals surface area contributed by atoms with Crippen LogP contribution in [0.1, 0.15) is 71.4 Å². The Bertz CT molecular complexity index is 1450. The summed E-state index contributed by atoms with van der Waals surface area (Å²) in [7, 11) is 0. The number of amides is 1. The van der Waals surface area contributed by atoms with Crippen LogP contribution >= 0.6 is 11.6 Å². The second-order valence-electron chi connectivity index (χ2n) is 13.2. The first-order valence-electron chi connectivity index (χ1n) is 14.5. The van der Waals surface area contributed by atoms with E-state index < -0.39 is 5.41 Å². The van der Waals surface area contributed by atoms with Crippen molar-refractivity contribution in [3.8, 4) is 11.3 Å². The zero-order valence-electron chi connectivity index (χ0n) is 23.4. The summed E-state index contributed by atoms with van der Waals surface area (Å²) >= 11 is 6.71. The van der Waals surface area contributed by atoms with E-state index in [0.717, 1.165) is 65.8 Å². The molecule has 5 heterocycles. The van der Waals surface area contributed by atoms with Gasteiger partial charge in [0.2, 0.25) is 5.91 Å². The number of likely N-dealkylation sites (tertiary alicyclic amines) is 1. The number of rotatable bonds is 4. The van der Waals surface area contributed by atoms with Crippen LogP contribution < -0.4 is 4.90 Å². The summed E-state index contributed by atoms with van der Waals surface area (Å²) in [5, 5.41) is 0.457. The van der Waals surface area contributed by atoms with E-state index in [0.29, 0.717) is 29.8 Å². The van der Waals surface area contributed by atoms with Crippen LogP contribution in [-0.2, 0) is 14.9 Å². The van der Waals surface area contributed by atoms with Crippen LogP contribution in [0.2, 0.25) is 5.15 Å². The Kier molecular flexibility index (Phi) is 5.89. The van der Waals surface area contributed by atoms with Gasteiger partial charge < -0.3 is 14.2 Å². The zero-order valence-corrected chi connectivity index (χ0v) is 24.2. The second-order valence-corrected chi connectivity index (χ2v) is 13.5. The summed E-state index contributed by atoms with van der Waals surface area (Å²) in [4.78, 5) is 28.5. The van der Waals surface area contributed by atoms with Gasteiger partial charge in [-0.25, -0.2) is 9.97 Å². The number of nitrogens with zero attached hydrogens (tertiary/aromatic N) is 5. The highest BCUT2D eigenvalue weighted by atomic mass is 35.5. The molecule has 0 N–H and O–H groups in total. The molecule has 4 aliphatic rings. The lowest BCUT2D eigenvalue weighted by Gasteiger charge is -2.46. The number of ether oxygens (including phenoxy) is 1. The molecule has 7 nitrogen and oxygen atoms in total. The summed E-state index contributed by atoms with van der Waals surface area (Å²) in [6, 6.07) is 9.51. The molecule has 0 atom stereocenters. The quantitative estimate of drug-likeness (QED) is 0.375. The highest BCUT2D eigenvalue weighted by Gasteiger charge is 2.55. The predicted octanol–water partition coefficient (Wildman–Crippen LogP) is 5.99. The van der Waals surface area contributed by atoms with Crippen molar-refractivity contribution in [2.45, 2.75) is 83.3 Å². The van der Waals surface area contributed by atoms with E-state index in [1.807, 2.05) is 12.4 Å². The first-order chi connectivity index (χ1) is 18.7. The first-order valence-corrected chi connectivity index (χ1v) is 14.9. The van der Waals surface area contributed by atoms with Gasteiger partial charge >= 0.3 is 0 Å². The number of halogens is 1. The molecule has 2 saturated heterocycles. The minimum atomic E-state index is -0.474. The normalized spacial score (nSPS) is 26.1. The molecule has 206 valence electrons. The lowest BCUT2D eigenvalue weighted by molar-refractivity contribution is -0.127. The molecule has 7 rings (SSSR count). The lowest BCUT2D eigenvalue weighted by atomic mass is 9.75. The van der Waals surface area contributed by atoms with Crippen LogP contribution in [0.3, 0.4) is 0 Å². The molecule has 8 heteroatoms. The molecule has 1 spiro atoms. The van der Waals surface area contributed by atoms with Crippen LogP contribution in [0.15, 0.2) is 30.6 Å². The van der Waals surface area contributed by atoms with Gasteiger partial charge in [-0.2, -0.15) is 0 Å². The van der Waals surface area contributed by atoms with Crippen molar-refractivity contribution in [3.63, 3.8) is 0 Å². The Morgan fingerprint density at radius 1 is 1.08 bits per heavy atom. The molecule has 3 aromatic rings. The molecule has 1 aromatic carbocycles. The molecule has 0 bridgehead atoms. The smallest absolute Gasteiger partial charge is 0.238 e. The Balaban J connectivity index is 1.25. The topological polar surface area (TPSA) is 63.5 Å². The van der Waals surface area contributed by atoms with Crippen molar-refractivity contribution in [1.82, 2.24) is 19.4 Å². The largest absolute Gasteiger partial charge is 0.381 e. The van der Waals surface area contributed by atoms with Gasteiger partial charge in [-0.3, -0.25) is 9.69 Å². The highest BCUT2D eigenvalue weighted by Crippen LogP contribution is 2.52. The Hall–Kier alpha value is -2.48. The van der Waals surface area contributed by atoms with Gasteiger partial charge in [-0.05, 0) is 75.6 Å². The van der Waals surface area contributed by atoms with Crippen molar-refractivity contribution in [2.24, 2.45) is 5.41 Å². The van der Waals surface area contributed by atoms with Crippen LogP contribution in [0.4, 0.5) is 5.69 Å². The molecule has 0 radical (unpaired) electrons. The van der Waals surface area contributed by atoms with Gasteiger partial charge in [0.05, 0.1) is 23.0 Å². The van der Waals surface area contributed by atoms with Crippen LogP contribution in [-0.4, -0.2) is 63.7 Å². The standard InChI is InChI=1S/C31H38ClN5O2/c1-19(2)36-18-33-25-16-24(34-28(32)27(25)36)20-5-6-23-26(13-20)37(29(38)31(23)8-11-39-12-9-31)22-14-21(15-22)35-10-7-30(3,4)17-35/h5-6,13,16,18-19,21-22H,7-12,14-15,17H2,1-4H3/t21-,22+. The molecule has 39 heavy (non-hydrogen) atoms.